The number of rotatable bonds is 4. The molecule has 0 unspecified atom stereocenters. The Balaban J connectivity index is 1.71. The van der Waals surface area contributed by atoms with Crippen LogP contribution >= 0.6 is 24.2 Å². The minimum atomic E-state index is -0.0795. The molecule has 3 rings (SSSR count). The van der Waals surface area contributed by atoms with Gasteiger partial charge in [0, 0.05) is 11.9 Å². The van der Waals surface area contributed by atoms with Gasteiger partial charge in [0.15, 0.2) is 0 Å². The van der Waals surface area contributed by atoms with Crippen LogP contribution in [-0.4, -0.2) is 14.4 Å². The van der Waals surface area contributed by atoms with Crippen molar-refractivity contribution >= 4 is 40.3 Å². The number of benzene rings is 1. The smallest absolute Gasteiger partial charge is 0.266 e. The Labute approximate surface area is 138 Å². The maximum absolute atomic E-state index is 12.4. The summed E-state index contributed by atoms with van der Waals surface area (Å²) in [7, 11) is 0. The van der Waals surface area contributed by atoms with Crippen LogP contribution in [0.2, 0.25) is 0 Å². The van der Waals surface area contributed by atoms with Gasteiger partial charge in [-0.2, -0.15) is 0 Å². The van der Waals surface area contributed by atoms with Crippen LogP contribution in [0.5, 0.6) is 0 Å². The van der Waals surface area contributed by atoms with Crippen LogP contribution in [0, 0.1) is 0 Å². The first kappa shape index (κ1) is 14.8. The van der Waals surface area contributed by atoms with Crippen molar-refractivity contribution < 1.29 is 9.21 Å². The fraction of sp³-hybridized carbons (Fsp3) is 0.0588. The van der Waals surface area contributed by atoms with Crippen molar-refractivity contribution in [1.82, 2.24) is 4.31 Å². The number of carbonyl (C=O) groups excluding carboxylic acids is 1. The van der Waals surface area contributed by atoms with Gasteiger partial charge in [-0.05, 0) is 23.8 Å². The third-order valence-corrected chi connectivity index (χ3v) is 4.45. The van der Waals surface area contributed by atoms with Gasteiger partial charge in [-0.15, -0.1) is 0 Å². The summed E-state index contributed by atoms with van der Waals surface area (Å²) in [5.41, 5.74) is 1.63. The molecule has 1 aromatic heterocycles. The summed E-state index contributed by atoms with van der Waals surface area (Å²) >= 11 is 6.57. The molecule has 2 heterocycles. The SMILES string of the molecule is O=C1/C(=C/C=C\c2ccccc2)C(=S)SN1Cc1ccco1. The molecule has 5 heteroatoms. The topological polar surface area (TPSA) is 33.5 Å². The molecule has 0 N–H and O–H groups in total. The molecular weight excluding hydrogens is 314 g/mol. The predicted molar refractivity (Wildman–Crippen MR) is 93.0 cm³/mol. The van der Waals surface area contributed by atoms with Crippen molar-refractivity contribution in [2.24, 2.45) is 0 Å². The second-order valence-corrected chi connectivity index (χ2v) is 6.35. The fourth-order valence-corrected chi connectivity index (χ4v) is 3.27. The molecule has 0 aliphatic carbocycles. The number of allylic oxidation sites excluding steroid dienone is 2. The number of furan rings is 1. The van der Waals surface area contributed by atoms with E-state index in [1.165, 1.54) is 11.9 Å². The highest BCUT2D eigenvalue weighted by Crippen LogP contribution is 2.31. The van der Waals surface area contributed by atoms with Gasteiger partial charge in [0.05, 0.1) is 18.4 Å². The van der Waals surface area contributed by atoms with E-state index in [2.05, 4.69) is 0 Å². The number of carbonyl (C=O) groups is 1. The molecule has 22 heavy (non-hydrogen) atoms. The van der Waals surface area contributed by atoms with E-state index in [-0.39, 0.29) is 5.91 Å². The number of nitrogens with zero attached hydrogens (tertiary/aromatic N) is 1. The van der Waals surface area contributed by atoms with Crippen molar-refractivity contribution in [3.8, 4) is 0 Å². The Kier molecular flexibility index (Phi) is 4.56. The number of hydrogen-bond donors (Lipinski definition) is 0. The lowest BCUT2D eigenvalue weighted by Gasteiger charge is -2.10. The molecule has 0 spiro atoms. The van der Waals surface area contributed by atoms with Crippen LogP contribution < -0.4 is 0 Å². The Hall–Kier alpha value is -2.11. The molecule has 1 amide bonds. The molecule has 1 saturated heterocycles. The van der Waals surface area contributed by atoms with Crippen molar-refractivity contribution in [2.75, 3.05) is 0 Å². The molecule has 0 bridgehead atoms. The molecule has 2 aromatic rings. The van der Waals surface area contributed by atoms with Crippen LogP contribution in [0.3, 0.4) is 0 Å². The van der Waals surface area contributed by atoms with E-state index in [4.69, 9.17) is 16.6 Å². The van der Waals surface area contributed by atoms with Crippen LogP contribution in [0.1, 0.15) is 11.3 Å². The third-order valence-electron chi connectivity index (χ3n) is 3.10. The highest BCUT2D eigenvalue weighted by Gasteiger charge is 2.32. The van der Waals surface area contributed by atoms with E-state index in [9.17, 15) is 4.79 Å². The standard InChI is InChI=1S/C17H13NO2S2/c19-16-15(10-4-8-13-6-2-1-3-7-13)17(21)22-18(16)12-14-9-5-11-20-14/h1-11H,12H2/b8-4-,15-10-. The van der Waals surface area contributed by atoms with Gasteiger partial charge in [0.1, 0.15) is 9.96 Å². The van der Waals surface area contributed by atoms with Gasteiger partial charge in [0.25, 0.3) is 5.91 Å². The first-order valence-corrected chi connectivity index (χ1v) is 7.92. The highest BCUT2D eigenvalue weighted by atomic mass is 32.2. The van der Waals surface area contributed by atoms with Gasteiger partial charge in [0.2, 0.25) is 0 Å². The third kappa shape index (κ3) is 3.37. The van der Waals surface area contributed by atoms with Crippen molar-refractivity contribution in [1.29, 1.82) is 0 Å². The molecule has 1 fully saturated rings. The zero-order chi connectivity index (χ0) is 15.4. The summed E-state index contributed by atoms with van der Waals surface area (Å²) in [6.45, 7) is 0.413. The summed E-state index contributed by atoms with van der Waals surface area (Å²) in [5.74, 6) is 0.661. The van der Waals surface area contributed by atoms with Gasteiger partial charge in [-0.1, -0.05) is 54.7 Å². The van der Waals surface area contributed by atoms with Gasteiger partial charge in [-0.25, -0.2) is 0 Å². The summed E-state index contributed by atoms with van der Waals surface area (Å²) < 4.78 is 7.48. The maximum atomic E-state index is 12.4. The molecule has 0 radical (unpaired) electrons. The predicted octanol–water partition coefficient (Wildman–Crippen LogP) is 4.24. The van der Waals surface area contributed by atoms with Crippen molar-refractivity contribution in [3.05, 3.63) is 77.8 Å². The first-order chi connectivity index (χ1) is 10.7. The molecule has 0 saturated carbocycles. The van der Waals surface area contributed by atoms with E-state index >= 15 is 0 Å². The van der Waals surface area contributed by atoms with Gasteiger partial charge >= 0.3 is 0 Å². The van der Waals surface area contributed by atoms with E-state index in [1.807, 2.05) is 48.6 Å². The molecule has 3 nitrogen and oxygen atoms in total. The second-order valence-electron chi connectivity index (χ2n) is 4.65. The minimum Gasteiger partial charge on any atom is -0.467 e. The molecule has 0 atom stereocenters. The van der Waals surface area contributed by atoms with Crippen molar-refractivity contribution in [2.45, 2.75) is 6.54 Å². The maximum Gasteiger partial charge on any atom is 0.266 e. The van der Waals surface area contributed by atoms with Crippen LogP contribution in [0.15, 0.2) is 70.9 Å². The lowest BCUT2D eigenvalue weighted by molar-refractivity contribution is -0.121. The zero-order valence-electron chi connectivity index (χ0n) is 11.6. The number of hydrogen-bond acceptors (Lipinski definition) is 4. The Morgan fingerprint density at radius 1 is 1.18 bits per heavy atom. The Morgan fingerprint density at radius 3 is 2.73 bits per heavy atom. The van der Waals surface area contributed by atoms with Gasteiger partial charge < -0.3 is 4.42 Å². The first-order valence-electron chi connectivity index (χ1n) is 6.74. The average molecular weight is 327 g/mol. The Bertz CT molecular complexity index is 733. The largest absolute Gasteiger partial charge is 0.467 e. The summed E-state index contributed by atoms with van der Waals surface area (Å²) in [5, 5.41) is 0. The molecule has 1 aliphatic rings. The summed E-state index contributed by atoms with van der Waals surface area (Å²) in [6.07, 6.45) is 7.17. The lowest BCUT2D eigenvalue weighted by atomic mass is 10.2. The normalized spacial score (nSPS) is 17.1. The molecule has 1 aromatic carbocycles. The van der Waals surface area contributed by atoms with Crippen LogP contribution in [-0.2, 0) is 11.3 Å². The summed E-state index contributed by atoms with van der Waals surface area (Å²) in [6, 6.07) is 13.6. The second kappa shape index (κ2) is 6.77. The van der Waals surface area contributed by atoms with Crippen LogP contribution in [0.4, 0.5) is 0 Å². The van der Waals surface area contributed by atoms with E-state index in [0.29, 0.717) is 16.3 Å². The monoisotopic (exact) mass is 327 g/mol. The fourth-order valence-electron chi connectivity index (χ4n) is 2.02. The molecular formula is C17H13NO2S2. The minimum absolute atomic E-state index is 0.0795. The zero-order valence-corrected chi connectivity index (χ0v) is 13.3. The highest BCUT2D eigenvalue weighted by molar-refractivity contribution is 8.23. The van der Waals surface area contributed by atoms with E-state index in [0.717, 1.165) is 11.3 Å². The average Bonchev–Trinajstić information content (AvgIpc) is 3.12. The van der Waals surface area contributed by atoms with E-state index < -0.39 is 0 Å². The molecule has 110 valence electrons. The number of amides is 1. The molecule has 1 aliphatic heterocycles. The van der Waals surface area contributed by atoms with Crippen molar-refractivity contribution in [3.63, 3.8) is 0 Å². The lowest BCUT2D eigenvalue weighted by Crippen LogP contribution is -2.18. The summed E-state index contributed by atoms with van der Waals surface area (Å²) in [4.78, 5) is 12.4. The van der Waals surface area contributed by atoms with E-state index in [1.54, 1.807) is 22.7 Å². The number of thiocarbonyl (C=S) groups is 1. The van der Waals surface area contributed by atoms with Crippen LogP contribution in [0.25, 0.3) is 6.08 Å². The quantitative estimate of drug-likeness (QED) is 0.478. The van der Waals surface area contributed by atoms with Gasteiger partial charge in [-0.3, -0.25) is 9.10 Å². The Morgan fingerprint density at radius 2 is 2.00 bits per heavy atom.